The number of benzene rings is 1. The predicted octanol–water partition coefficient (Wildman–Crippen LogP) is 4.96. The number of ether oxygens (including phenoxy) is 1. The Labute approximate surface area is 191 Å². The van der Waals surface area contributed by atoms with Gasteiger partial charge in [-0.25, -0.2) is 4.98 Å². The molecule has 178 valence electrons. The fourth-order valence-electron chi connectivity index (χ4n) is 4.49. The quantitative estimate of drug-likeness (QED) is 0.696. The Morgan fingerprint density at radius 2 is 1.73 bits per heavy atom. The van der Waals surface area contributed by atoms with E-state index in [9.17, 15) is 18.0 Å². The molecule has 3 heterocycles. The first-order valence-corrected chi connectivity index (χ1v) is 11.3. The van der Waals surface area contributed by atoms with Gasteiger partial charge in [-0.1, -0.05) is 0 Å². The van der Waals surface area contributed by atoms with Crippen molar-refractivity contribution in [3.8, 4) is 0 Å². The highest BCUT2D eigenvalue weighted by Gasteiger charge is 2.32. The van der Waals surface area contributed by atoms with Crippen LogP contribution in [-0.2, 0) is 10.9 Å². The van der Waals surface area contributed by atoms with Crippen molar-refractivity contribution in [3.63, 3.8) is 0 Å². The molecular weight excluding hydrogens is 433 g/mol. The summed E-state index contributed by atoms with van der Waals surface area (Å²) in [5.74, 6) is 0.247. The number of hydrogen-bond acceptors (Lipinski definition) is 5. The molecule has 4 rings (SSSR count). The van der Waals surface area contributed by atoms with E-state index in [1.165, 1.54) is 12.3 Å². The van der Waals surface area contributed by atoms with Gasteiger partial charge in [-0.3, -0.25) is 4.79 Å². The van der Waals surface area contributed by atoms with E-state index in [0.717, 1.165) is 50.3 Å². The molecular formula is C24H29F3N4O2. The number of amides is 1. The first-order chi connectivity index (χ1) is 15.7. The van der Waals surface area contributed by atoms with Crippen LogP contribution in [0.5, 0.6) is 0 Å². The molecule has 9 heteroatoms. The van der Waals surface area contributed by atoms with E-state index in [2.05, 4.69) is 15.2 Å². The second kappa shape index (κ2) is 9.59. The maximum absolute atomic E-state index is 13.3. The molecule has 2 atom stereocenters. The van der Waals surface area contributed by atoms with Gasteiger partial charge in [0.25, 0.3) is 5.91 Å². The molecule has 1 aromatic heterocycles. The molecule has 2 aliphatic heterocycles. The van der Waals surface area contributed by atoms with Crippen LogP contribution in [0.25, 0.3) is 0 Å². The monoisotopic (exact) mass is 462 g/mol. The molecule has 1 aromatic carbocycles. The van der Waals surface area contributed by atoms with Gasteiger partial charge in [0, 0.05) is 32.4 Å². The predicted molar refractivity (Wildman–Crippen MR) is 122 cm³/mol. The van der Waals surface area contributed by atoms with Crippen LogP contribution in [-0.4, -0.2) is 49.3 Å². The topological polar surface area (TPSA) is 57.7 Å². The van der Waals surface area contributed by atoms with E-state index in [-0.39, 0.29) is 23.5 Å². The molecule has 6 nitrogen and oxygen atoms in total. The Hall–Kier alpha value is -2.81. The third kappa shape index (κ3) is 5.58. The molecule has 1 amide bonds. The summed E-state index contributed by atoms with van der Waals surface area (Å²) in [7, 11) is 0. The number of nitrogens with zero attached hydrogens (tertiary/aromatic N) is 3. The zero-order valence-electron chi connectivity index (χ0n) is 18.9. The summed E-state index contributed by atoms with van der Waals surface area (Å²) in [6, 6.07) is 6.94. The lowest BCUT2D eigenvalue weighted by molar-refractivity contribution is -0.137. The summed E-state index contributed by atoms with van der Waals surface area (Å²) in [4.78, 5) is 21.5. The zero-order chi connectivity index (χ0) is 23.6. The van der Waals surface area contributed by atoms with Crippen molar-refractivity contribution in [1.29, 1.82) is 0 Å². The van der Waals surface area contributed by atoms with E-state index in [1.54, 1.807) is 12.1 Å². The lowest BCUT2D eigenvalue weighted by atomic mass is 10.1. The molecule has 0 spiro atoms. The Kier molecular flexibility index (Phi) is 6.78. The minimum atomic E-state index is -4.49. The number of morpholine rings is 1. The van der Waals surface area contributed by atoms with Gasteiger partial charge in [0.1, 0.15) is 5.82 Å². The number of pyridine rings is 1. The zero-order valence-corrected chi connectivity index (χ0v) is 18.9. The average Bonchev–Trinajstić information content (AvgIpc) is 2.78. The van der Waals surface area contributed by atoms with E-state index in [1.807, 2.05) is 18.7 Å². The lowest BCUT2D eigenvalue weighted by Crippen LogP contribution is -2.45. The number of nitrogens with one attached hydrogen (secondary N) is 1. The maximum Gasteiger partial charge on any atom is 0.416 e. The summed E-state index contributed by atoms with van der Waals surface area (Å²) in [5, 5.41) is 2.70. The SMILES string of the molecule is CC1CN(c2ccc(C(=O)Nc3cc(C(F)(F)F)ccc3N3CCCCC3)cn2)CC(C)O1. The highest BCUT2D eigenvalue weighted by molar-refractivity contribution is 6.06. The second-order valence-corrected chi connectivity index (χ2v) is 8.80. The summed E-state index contributed by atoms with van der Waals surface area (Å²) in [6.07, 6.45) is 0.161. The summed E-state index contributed by atoms with van der Waals surface area (Å²) >= 11 is 0. The number of anilines is 3. The fourth-order valence-corrected chi connectivity index (χ4v) is 4.49. The minimum Gasteiger partial charge on any atom is -0.372 e. The number of carbonyl (C=O) groups excluding carboxylic acids is 1. The van der Waals surface area contributed by atoms with E-state index in [0.29, 0.717) is 18.8 Å². The largest absolute Gasteiger partial charge is 0.416 e. The molecule has 2 unspecified atom stereocenters. The summed E-state index contributed by atoms with van der Waals surface area (Å²) in [5.41, 5.74) is 0.270. The second-order valence-electron chi connectivity index (χ2n) is 8.80. The highest BCUT2D eigenvalue weighted by atomic mass is 19.4. The van der Waals surface area contributed by atoms with Crippen LogP contribution >= 0.6 is 0 Å². The fraction of sp³-hybridized carbons (Fsp3) is 0.500. The number of rotatable bonds is 4. The van der Waals surface area contributed by atoms with Crippen LogP contribution < -0.4 is 15.1 Å². The Morgan fingerprint density at radius 1 is 1.03 bits per heavy atom. The van der Waals surface area contributed by atoms with Crippen molar-refractivity contribution in [2.45, 2.75) is 51.5 Å². The Balaban J connectivity index is 1.54. The first kappa shape index (κ1) is 23.4. The van der Waals surface area contributed by atoms with Gasteiger partial charge in [0.05, 0.1) is 34.7 Å². The average molecular weight is 463 g/mol. The van der Waals surface area contributed by atoms with Crippen molar-refractivity contribution in [2.75, 3.05) is 41.3 Å². The van der Waals surface area contributed by atoms with Gasteiger partial charge in [0.2, 0.25) is 0 Å². The van der Waals surface area contributed by atoms with Crippen LogP contribution in [0.2, 0.25) is 0 Å². The number of alkyl halides is 3. The van der Waals surface area contributed by atoms with Gasteiger partial charge in [-0.05, 0) is 63.4 Å². The van der Waals surface area contributed by atoms with Gasteiger partial charge < -0.3 is 19.9 Å². The lowest BCUT2D eigenvalue weighted by Gasteiger charge is -2.36. The maximum atomic E-state index is 13.3. The van der Waals surface area contributed by atoms with Gasteiger partial charge in [0.15, 0.2) is 0 Å². The molecule has 2 saturated heterocycles. The van der Waals surface area contributed by atoms with E-state index < -0.39 is 17.6 Å². The first-order valence-electron chi connectivity index (χ1n) is 11.3. The van der Waals surface area contributed by atoms with Crippen molar-refractivity contribution in [1.82, 2.24) is 4.98 Å². The van der Waals surface area contributed by atoms with Crippen LogP contribution in [0, 0.1) is 0 Å². The van der Waals surface area contributed by atoms with Crippen LogP contribution in [0.4, 0.5) is 30.4 Å². The van der Waals surface area contributed by atoms with Gasteiger partial charge >= 0.3 is 6.18 Å². The van der Waals surface area contributed by atoms with Gasteiger partial charge in [-0.15, -0.1) is 0 Å². The van der Waals surface area contributed by atoms with E-state index in [4.69, 9.17) is 4.74 Å². The number of carbonyl (C=O) groups is 1. The van der Waals surface area contributed by atoms with E-state index >= 15 is 0 Å². The van der Waals surface area contributed by atoms with Gasteiger partial charge in [-0.2, -0.15) is 13.2 Å². The minimum absolute atomic E-state index is 0.0765. The number of aromatic nitrogens is 1. The number of piperidine rings is 1. The smallest absolute Gasteiger partial charge is 0.372 e. The molecule has 0 saturated carbocycles. The molecule has 2 fully saturated rings. The molecule has 0 radical (unpaired) electrons. The molecule has 33 heavy (non-hydrogen) atoms. The van der Waals surface area contributed by atoms with Crippen molar-refractivity contribution in [3.05, 3.63) is 47.7 Å². The van der Waals surface area contributed by atoms with Crippen molar-refractivity contribution >= 4 is 23.1 Å². The third-order valence-electron chi connectivity index (χ3n) is 6.02. The van der Waals surface area contributed by atoms with Crippen LogP contribution in [0.15, 0.2) is 36.5 Å². The standard InChI is InChI=1S/C24H29F3N4O2/c1-16-14-31(15-17(2)33-16)22-9-6-18(13-28-22)23(32)29-20-12-19(24(25,26)27)7-8-21(20)30-10-4-3-5-11-30/h6-9,12-13,16-17H,3-5,10-11,14-15H2,1-2H3,(H,29,32). The Morgan fingerprint density at radius 3 is 2.33 bits per heavy atom. The van der Waals surface area contributed by atoms with Crippen LogP contribution in [0.1, 0.15) is 49.0 Å². The molecule has 0 bridgehead atoms. The number of halogens is 3. The Bertz CT molecular complexity index is 965. The molecule has 2 aromatic rings. The molecule has 2 aliphatic rings. The van der Waals surface area contributed by atoms with Crippen molar-refractivity contribution < 1.29 is 22.7 Å². The van der Waals surface area contributed by atoms with Crippen LogP contribution in [0.3, 0.4) is 0 Å². The number of hydrogen-bond donors (Lipinski definition) is 1. The third-order valence-corrected chi connectivity index (χ3v) is 6.02. The molecule has 0 aliphatic carbocycles. The summed E-state index contributed by atoms with van der Waals surface area (Å²) < 4.78 is 45.7. The highest BCUT2D eigenvalue weighted by Crippen LogP contribution is 2.36. The summed E-state index contributed by atoms with van der Waals surface area (Å²) in [6.45, 7) is 6.90. The normalized spacial score (nSPS) is 21.7. The molecule has 1 N–H and O–H groups in total. The van der Waals surface area contributed by atoms with Crippen molar-refractivity contribution in [2.24, 2.45) is 0 Å².